The Morgan fingerprint density at radius 1 is 1.21 bits per heavy atom. The van der Waals surface area contributed by atoms with Crippen molar-refractivity contribution in [3.05, 3.63) is 0 Å². The maximum atomic E-state index is 11.4. The number of amides is 1. The maximum absolute atomic E-state index is 11.4. The predicted molar refractivity (Wildman–Crippen MR) is 61.1 cm³/mol. The molecular formula is C12H25NO. The van der Waals surface area contributed by atoms with Gasteiger partial charge in [-0.3, -0.25) is 4.79 Å². The Bertz CT molecular complexity index is 164. The number of carbonyl (C=O) groups is 1. The summed E-state index contributed by atoms with van der Waals surface area (Å²) in [5.41, 5.74) is 0. The lowest BCUT2D eigenvalue weighted by molar-refractivity contribution is -0.122. The molecule has 0 saturated heterocycles. The minimum Gasteiger partial charge on any atom is -0.356 e. The van der Waals surface area contributed by atoms with Crippen LogP contribution in [0.1, 0.15) is 47.5 Å². The van der Waals surface area contributed by atoms with Gasteiger partial charge in [0.25, 0.3) is 0 Å². The van der Waals surface area contributed by atoms with Crippen LogP contribution in [0.4, 0.5) is 0 Å². The Morgan fingerprint density at radius 2 is 1.79 bits per heavy atom. The van der Waals surface area contributed by atoms with Gasteiger partial charge in [0, 0.05) is 13.0 Å². The first-order valence-electron chi connectivity index (χ1n) is 5.74. The van der Waals surface area contributed by atoms with Crippen molar-refractivity contribution in [3.63, 3.8) is 0 Å². The minimum atomic E-state index is 0.201. The van der Waals surface area contributed by atoms with Gasteiger partial charge in [-0.2, -0.15) is 0 Å². The molecule has 84 valence electrons. The third kappa shape index (κ3) is 6.01. The molecule has 0 spiro atoms. The van der Waals surface area contributed by atoms with Gasteiger partial charge in [-0.25, -0.2) is 0 Å². The summed E-state index contributed by atoms with van der Waals surface area (Å²) >= 11 is 0. The molecule has 14 heavy (non-hydrogen) atoms. The Morgan fingerprint density at radius 3 is 2.14 bits per heavy atom. The summed E-state index contributed by atoms with van der Waals surface area (Å²) in [5, 5.41) is 2.87. The third-order valence-electron chi connectivity index (χ3n) is 2.54. The van der Waals surface area contributed by atoms with E-state index in [0.29, 0.717) is 24.2 Å². The van der Waals surface area contributed by atoms with Crippen molar-refractivity contribution in [3.8, 4) is 0 Å². The van der Waals surface area contributed by atoms with Gasteiger partial charge in [0.05, 0.1) is 0 Å². The molecule has 0 aliphatic carbocycles. The number of hydrogen-bond donors (Lipinski definition) is 1. The van der Waals surface area contributed by atoms with E-state index in [4.69, 9.17) is 0 Å². The van der Waals surface area contributed by atoms with Crippen LogP contribution in [0.5, 0.6) is 0 Å². The first kappa shape index (κ1) is 13.5. The zero-order chi connectivity index (χ0) is 11.1. The van der Waals surface area contributed by atoms with Gasteiger partial charge < -0.3 is 5.32 Å². The van der Waals surface area contributed by atoms with Crippen LogP contribution in [0, 0.1) is 17.8 Å². The molecule has 0 aliphatic heterocycles. The lowest BCUT2D eigenvalue weighted by Crippen LogP contribution is -2.27. The zero-order valence-electron chi connectivity index (χ0n) is 10.3. The van der Waals surface area contributed by atoms with Crippen molar-refractivity contribution in [2.24, 2.45) is 17.8 Å². The highest BCUT2D eigenvalue weighted by Crippen LogP contribution is 2.23. The van der Waals surface area contributed by atoms with Gasteiger partial charge in [0.15, 0.2) is 0 Å². The average molecular weight is 199 g/mol. The van der Waals surface area contributed by atoms with E-state index in [1.165, 1.54) is 0 Å². The van der Waals surface area contributed by atoms with E-state index in [1.807, 2.05) is 6.92 Å². The molecule has 0 aliphatic rings. The summed E-state index contributed by atoms with van der Waals surface area (Å²) in [7, 11) is 0. The molecule has 0 heterocycles. The fourth-order valence-corrected chi connectivity index (χ4v) is 1.70. The molecule has 2 nitrogen and oxygen atoms in total. The molecule has 0 radical (unpaired) electrons. The molecule has 1 atom stereocenters. The molecule has 1 N–H and O–H groups in total. The van der Waals surface area contributed by atoms with Gasteiger partial charge in [0.1, 0.15) is 0 Å². The summed E-state index contributed by atoms with van der Waals surface area (Å²) < 4.78 is 0. The van der Waals surface area contributed by atoms with Crippen molar-refractivity contribution in [2.45, 2.75) is 47.5 Å². The molecule has 0 aromatic heterocycles. The van der Waals surface area contributed by atoms with Crippen molar-refractivity contribution in [1.29, 1.82) is 0 Å². The predicted octanol–water partition coefficient (Wildman–Crippen LogP) is 2.83. The Hall–Kier alpha value is -0.530. The zero-order valence-corrected chi connectivity index (χ0v) is 10.3. The standard InChI is InChI=1S/C12H25NO/c1-6-13-12(14)8-11(10(4)5)7-9(2)3/h9-11H,6-8H2,1-5H3,(H,13,14)/t11-/m1/s1. The number of rotatable bonds is 6. The molecule has 0 aromatic carbocycles. The summed E-state index contributed by atoms with van der Waals surface area (Å²) in [6.07, 6.45) is 1.83. The summed E-state index contributed by atoms with van der Waals surface area (Å²) in [6.45, 7) is 11.5. The molecule has 0 bridgehead atoms. The highest BCUT2D eigenvalue weighted by molar-refractivity contribution is 5.76. The highest BCUT2D eigenvalue weighted by Gasteiger charge is 2.18. The Labute approximate surface area is 88.5 Å². The van der Waals surface area contributed by atoms with Crippen LogP contribution in [-0.4, -0.2) is 12.5 Å². The van der Waals surface area contributed by atoms with E-state index in [9.17, 15) is 4.79 Å². The Kier molecular flexibility index (Phi) is 6.60. The van der Waals surface area contributed by atoms with Crippen LogP contribution < -0.4 is 5.32 Å². The van der Waals surface area contributed by atoms with E-state index in [0.717, 1.165) is 13.0 Å². The van der Waals surface area contributed by atoms with Crippen molar-refractivity contribution in [1.82, 2.24) is 5.32 Å². The van der Waals surface area contributed by atoms with Crippen LogP contribution >= 0.6 is 0 Å². The second-order valence-electron chi connectivity index (χ2n) is 4.79. The normalized spacial score (nSPS) is 13.4. The largest absolute Gasteiger partial charge is 0.356 e. The van der Waals surface area contributed by atoms with E-state index in [1.54, 1.807) is 0 Å². The highest BCUT2D eigenvalue weighted by atomic mass is 16.1. The molecule has 0 unspecified atom stereocenters. The number of hydrogen-bond acceptors (Lipinski definition) is 1. The quantitative estimate of drug-likeness (QED) is 0.700. The van der Waals surface area contributed by atoms with Gasteiger partial charge in [-0.1, -0.05) is 27.7 Å². The Balaban J connectivity index is 4.02. The van der Waals surface area contributed by atoms with Gasteiger partial charge >= 0.3 is 0 Å². The van der Waals surface area contributed by atoms with Crippen LogP contribution in [0.25, 0.3) is 0 Å². The molecule has 0 fully saturated rings. The number of carbonyl (C=O) groups excluding carboxylic acids is 1. The van der Waals surface area contributed by atoms with E-state index in [-0.39, 0.29) is 5.91 Å². The first-order chi connectivity index (χ1) is 6.47. The molecule has 0 aromatic rings. The summed E-state index contributed by atoms with van der Waals surface area (Å²) in [4.78, 5) is 11.4. The van der Waals surface area contributed by atoms with Gasteiger partial charge in [-0.15, -0.1) is 0 Å². The summed E-state index contributed by atoms with van der Waals surface area (Å²) in [6, 6.07) is 0. The van der Waals surface area contributed by atoms with E-state index < -0.39 is 0 Å². The van der Waals surface area contributed by atoms with Crippen molar-refractivity contribution < 1.29 is 4.79 Å². The molecule has 0 rings (SSSR count). The maximum Gasteiger partial charge on any atom is 0.220 e. The SMILES string of the molecule is CCNC(=O)C[C@@H](CC(C)C)C(C)C. The molecule has 2 heteroatoms. The first-order valence-corrected chi connectivity index (χ1v) is 5.74. The minimum absolute atomic E-state index is 0.201. The second kappa shape index (κ2) is 6.86. The third-order valence-corrected chi connectivity index (χ3v) is 2.54. The lowest BCUT2D eigenvalue weighted by atomic mass is 9.85. The van der Waals surface area contributed by atoms with E-state index >= 15 is 0 Å². The summed E-state index contributed by atoms with van der Waals surface area (Å²) in [5.74, 6) is 2.00. The van der Waals surface area contributed by atoms with Gasteiger partial charge in [0.2, 0.25) is 5.91 Å². The van der Waals surface area contributed by atoms with E-state index in [2.05, 4.69) is 33.0 Å². The lowest BCUT2D eigenvalue weighted by Gasteiger charge is -2.22. The van der Waals surface area contributed by atoms with Crippen LogP contribution in [0.15, 0.2) is 0 Å². The average Bonchev–Trinajstić information content (AvgIpc) is 2.02. The number of nitrogens with one attached hydrogen (secondary N) is 1. The van der Waals surface area contributed by atoms with Gasteiger partial charge in [-0.05, 0) is 31.1 Å². The van der Waals surface area contributed by atoms with Crippen LogP contribution in [0.2, 0.25) is 0 Å². The van der Waals surface area contributed by atoms with Crippen LogP contribution in [-0.2, 0) is 4.79 Å². The van der Waals surface area contributed by atoms with Crippen molar-refractivity contribution >= 4 is 5.91 Å². The smallest absolute Gasteiger partial charge is 0.220 e. The monoisotopic (exact) mass is 199 g/mol. The topological polar surface area (TPSA) is 29.1 Å². The second-order valence-corrected chi connectivity index (χ2v) is 4.79. The molecular weight excluding hydrogens is 174 g/mol. The molecule has 0 saturated carbocycles. The fraction of sp³-hybridized carbons (Fsp3) is 0.917. The van der Waals surface area contributed by atoms with Crippen LogP contribution in [0.3, 0.4) is 0 Å². The fourth-order valence-electron chi connectivity index (χ4n) is 1.70. The van der Waals surface area contributed by atoms with Crippen molar-refractivity contribution in [2.75, 3.05) is 6.54 Å². The molecule has 1 amide bonds.